The van der Waals surface area contributed by atoms with Gasteiger partial charge in [0.25, 0.3) is 5.91 Å². The zero-order valence-electron chi connectivity index (χ0n) is 16.7. The minimum Gasteiger partial charge on any atom is -0.361 e. The molecule has 3 aromatic rings. The highest BCUT2D eigenvalue weighted by atomic mass is 16.5. The van der Waals surface area contributed by atoms with Crippen LogP contribution in [0.2, 0.25) is 0 Å². The van der Waals surface area contributed by atoms with Crippen LogP contribution in [-0.4, -0.2) is 22.7 Å². The van der Waals surface area contributed by atoms with Gasteiger partial charge in [0.15, 0.2) is 6.10 Å². The Balaban J connectivity index is 1.64. The van der Waals surface area contributed by atoms with Crippen molar-refractivity contribution in [1.82, 2.24) is 5.01 Å². The van der Waals surface area contributed by atoms with Gasteiger partial charge in [-0.25, -0.2) is 5.01 Å². The highest BCUT2D eigenvalue weighted by molar-refractivity contribution is 6.00. The Morgan fingerprint density at radius 1 is 0.931 bits per heavy atom. The van der Waals surface area contributed by atoms with Gasteiger partial charge in [0.1, 0.15) is 5.54 Å². The van der Waals surface area contributed by atoms with E-state index in [0.29, 0.717) is 6.61 Å². The lowest BCUT2D eigenvalue weighted by molar-refractivity contribution is -0.197. The molecule has 1 saturated heterocycles. The number of hydrogen-bond donors (Lipinski definition) is 0. The Morgan fingerprint density at radius 3 is 2.10 bits per heavy atom. The highest BCUT2D eigenvalue weighted by Crippen LogP contribution is 2.44. The number of hydrogen-bond acceptors (Lipinski definition) is 3. The molecule has 0 N–H and O–H groups in total. The highest BCUT2D eigenvalue weighted by Gasteiger charge is 2.60. The number of hydrazone groups is 1. The topological polar surface area (TPSA) is 41.9 Å². The molecule has 4 rings (SSSR count). The molecule has 0 aliphatic carbocycles. The number of nitrogens with zero attached hydrogens (tertiary/aromatic N) is 2. The van der Waals surface area contributed by atoms with E-state index in [4.69, 9.17) is 4.74 Å². The molecule has 4 nitrogen and oxygen atoms in total. The van der Waals surface area contributed by atoms with Gasteiger partial charge in [-0.3, -0.25) is 4.79 Å². The van der Waals surface area contributed by atoms with E-state index in [1.165, 1.54) is 0 Å². The Morgan fingerprint density at radius 2 is 1.48 bits per heavy atom. The molecule has 1 fully saturated rings. The lowest BCUT2D eigenvalue weighted by Gasteiger charge is -2.52. The maximum atomic E-state index is 13.0. The van der Waals surface area contributed by atoms with Crippen LogP contribution in [0, 0.1) is 0 Å². The molecule has 0 aromatic heterocycles. The van der Waals surface area contributed by atoms with E-state index in [2.05, 4.69) is 5.10 Å². The fourth-order valence-electron chi connectivity index (χ4n) is 3.70. The first-order valence-corrected chi connectivity index (χ1v) is 9.76. The second kappa shape index (κ2) is 8.02. The monoisotopic (exact) mass is 384 g/mol. The van der Waals surface area contributed by atoms with Gasteiger partial charge in [-0.2, -0.15) is 5.10 Å². The summed E-state index contributed by atoms with van der Waals surface area (Å²) in [6.07, 6.45) is -0.586. The first kappa shape index (κ1) is 19.1. The summed E-state index contributed by atoms with van der Waals surface area (Å²) in [4.78, 5) is 13.0. The summed E-state index contributed by atoms with van der Waals surface area (Å²) < 4.78 is 6.10. The lowest BCUT2D eigenvalue weighted by atomic mass is 9.78. The Hall–Kier alpha value is -3.24. The van der Waals surface area contributed by atoms with Crippen molar-refractivity contribution in [3.8, 4) is 0 Å². The van der Waals surface area contributed by atoms with Crippen LogP contribution in [0.25, 0.3) is 0 Å². The summed E-state index contributed by atoms with van der Waals surface area (Å²) in [6, 6.07) is 29.7. The van der Waals surface area contributed by atoms with Crippen molar-refractivity contribution in [2.24, 2.45) is 5.10 Å². The fourth-order valence-corrected chi connectivity index (χ4v) is 3.70. The molecule has 1 heterocycles. The second-order valence-electron chi connectivity index (χ2n) is 7.39. The van der Waals surface area contributed by atoms with Gasteiger partial charge in [-0.1, -0.05) is 91.0 Å². The molecule has 3 aromatic carbocycles. The molecule has 1 amide bonds. The largest absolute Gasteiger partial charge is 0.361 e. The molecule has 4 heteroatoms. The third-order valence-electron chi connectivity index (χ3n) is 5.44. The number of carbonyl (C=O) groups excluding carboxylic acids is 1. The van der Waals surface area contributed by atoms with Gasteiger partial charge in [-0.15, -0.1) is 0 Å². The molecule has 0 saturated carbocycles. The van der Waals surface area contributed by atoms with Crippen molar-refractivity contribution < 1.29 is 9.53 Å². The van der Waals surface area contributed by atoms with Gasteiger partial charge < -0.3 is 4.74 Å². The number of rotatable bonds is 6. The van der Waals surface area contributed by atoms with Gasteiger partial charge in [0, 0.05) is 0 Å². The molecule has 1 aliphatic heterocycles. The molecule has 0 spiro atoms. The first-order valence-electron chi connectivity index (χ1n) is 9.76. The normalized spacial score (nSPS) is 21.7. The smallest absolute Gasteiger partial charge is 0.275 e. The third-order valence-corrected chi connectivity index (χ3v) is 5.44. The molecule has 1 aliphatic rings. The molecule has 2 atom stereocenters. The van der Waals surface area contributed by atoms with E-state index in [9.17, 15) is 4.79 Å². The quantitative estimate of drug-likeness (QED) is 0.454. The van der Waals surface area contributed by atoms with Crippen LogP contribution in [0.4, 0.5) is 0 Å². The number of β-lactam (4-membered cyclic amide) rings is 1. The van der Waals surface area contributed by atoms with Crippen LogP contribution in [0.5, 0.6) is 0 Å². The third kappa shape index (κ3) is 3.59. The standard InChI is InChI=1S/C25H24N2O2/c1-19(21-14-8-4-9-15-21)26-27-24(28)23(29-18-20-12-6-3-7-13-20)25(27,2)22-16-10-5-11-17-22/h3-17,23H,18H2,1-2H3/b26-19-/t23-,25-/m1/s1. The van der Waals surface area contributed by atoms with E-state index >= 15 is 0 Å². The number of ether oxygens (including phenoxy) is 1. The summed E-state index contributed by atoms with van der Waals surface area (Å²) >= 11 is 0. The summed E-state index contributed by atoms with van der Waals surface area (Å²) in [5.74, 6) is -0.123. The zero-order chi connectivity index (χ0) is 20.3. The molecule has 0 bridgehead atoms. The van der Waals surface area contributed by atoms with Crippen LogP contribution >= 0.6 is 0 Å². The van der Waals surface area contributed by atoms with Crippen LogP contribution in [-0.2, 0) is 21.7 Å². The summed E-state index contributed by atoms with van der Waals surface area (Å²) in [6.45, 7) is 4.32. The van der Waals surface area contributed by atoms with Crippen molar-refractivity contribution in [1.29, 1.82) is 0 Å². The maximum absolute atomic E-state index is 13.0. The number of amides is 1. The van der Waals surface area contributed by atoms with Crippen molar-refractivity contribution >= 4 is 11.6 Å². The molecular formula is C25H24N2O2. The van der Waals surface area contributed by atoms with Gasteiger partial charge in [0.05, 0.1) is 12.3 Å². The van der Waals surface area contributed by atoms with Crippen molar-refractivity contribution in [3.05, 3.63) is 108 Å². The fraction of sp³-hybridized carbons (Fsp3) is 0.200. The van der Waals surface area contributed by atoms with Crippen molar-refractivity contribution in [2.75, 3.05) is 0 Å². The molecular weight excluding hydrogens is 360 g/mol. The van der Waals surface area contributed by atoms with Crippen LogP contribution in [0.15, 0.2) is 96.1 Å². The van der Waals surface area contributed by atoms with E-state index in [-0.39, 0.29) is 5.91 Å². The zero-order valence-corrected chi connectivity index (χ0v) is 16.7. The Kier molecular flexibility index (Phi) is 5.28. The van der Waals surface area contributed by atoms with E-state index < -0.39 is 11.6 Å². The summed E-state index contributed by atoms with van der Waals surface area (Å²) in [5, 5.41) is 6.26. The first-order chi connectivity index (χ1) is 14.1. The van der Waals surface area contributed by atoms with E-state index in [1.807, 2.05) is 105 Å². The van der Waals surface area contributed by atoms with Crippen molar-refractivity contribution in [3.63, 3.8) is 0 Å². The Labute approximate surface area is 171 Å². The lowest BCUT2D eigenvalue weighted by Crippen LogP contribution is -2.69. The second-order valence-corrected chi connectivity index (χ2v) is 7.39. The van der Waals surface area contributed by atoms with Crippen LogP contribution < -0.4 is 0 Å². The van der Waals surface area contributed by atoms with Crippen molar-refractivity contribution in [2.45, 2.75) is 32.1 Å². The van der Waals surface area contributed by atoms with Crippen LogP contribution in [0.1, 0.15) is 30.5 Å². The van der Waals surface area contributed by atoms with Gasteiger partial charge >= 0.3 is 0 Å². The molecule has 29 heavy (non-hydrogen) atoms. The van der Waals surface area contributed by atoms with E-state index in [0.717, 1.165) is 22.4 Å². The van der Waals surface area contributed by atoms with Crippen LogP contribution in [0.3, 0.4) is 0 Å². The Bertz CT molecular complexity index is 1000. The van der Waals surface area contributed by atoms with Gasteiger partial charge in [-0.05, 0) is 30.5 Å². The molecule has 0 radical (unpaired) electrons. The predicted octanol–water partition coefficient (Wildman–Crippen LogP) is 4.75. The predicted molar refractivity (Wildman–Crippen MR) is 114 cm³/mol. The minimum absolute atomic E-state index is 0.123. The molecule has 0 unspecified atom stereocenters. The maximum Gasteiger partial charge on any atom is 0.275 e. The average Bonchev–Trinajstić information content (AvgIpc) is 2.79. The molecule has 146 valence electrons. The summed E-state index contributed by atoms with van der Waals surface area (Å²) in [5.41, 5.74) is 3.16. The summed E-state index contributed by atoms with van der Waals surface area (Å²) in [7, 11) is 0. The van der Waals surface area contributed by atoms with Gasteiger partial charge in [0.2, 0.25) is 0 Å². The number of benzene rings is 3. The SMILES string of the molecule is C/C(=N/N1C(=O)[C@@H](OCc2ccccc2)[C@@]1(C)c1ccccc1)c1ccccc1. The minimum atomic E-state index is -0.664. The van der Waals surface area contributed by atoms with E-state index in [1.54, 1.807) is 5.01 Å². The average molecular weight is 384 g/mol. The number of carbonyl (C=O) groups is 1.